The van der Waals surface area contributed by atoms with E-state index in [4.69, 9.17) is 9.15 Å². The van der Waals surface area contributed by atoms with E-state index in [9.17, 15) is 9.18 Å². The summed E-state index contributed by atoms with van der Waals surface area (Å²) in [5.74, 6) is 1.64. The Morgan fingerprint density at radius 1 is 0.952 bits per heavy atom. The Bertz CT molecular complexity index is 1500. The number of amides is 1. The number of halogens is 1. The molecule has 0 saturated carbocycles. The van der Waals surface area contributed by atoms with Gasteiger partial charge < -0.3 is 14.5 Å². The summed E-state index contributed by atoms with van der Waals surface area (Å²) in [4.78, 5) is 13.2. The highest BCUT2D eigenvalue weighted by molar-refractivity contribution is 5.94. The van der Waals surface area contributed by atoms with Gasteiger partial charge in [-0.15, -0.1) is 0 Å². The molecule has 4 aromatic rings. The zero-order chi connectivity index (χ0) is 30.5. The van der Waals surface area contributed by atoms with Gasteiger partial charge >= 0.3 is 0 Å². The highest BCUT2D eigenvalue weighted by Crippen LogP contribution is 2.38. The minimum Gasteiger partial charge on any atom is -0.493 e. The van der Waals surface area contributed by atoms with Crippen LogP contribution < -0.4 is 10.1 Å². The predicted molar refractivity (Wildman–Crippen MR) is 166 cm³/mol. The largest absolute Gasteiger partial charge is 0.493 e. The van der Waals surface area contributed by atoms with Crippen molar-refractivity contribution in [2.75, 3.05) is 13.2 Å². The maximum atomic E-state index is 13.6. The van der Waals surface area contributed by atoms with E-state index >= 15 is 0 Å². The summed E-state index contributed by atoms with van der Waals surface area (Å²) in [7, 11) is 0. The summed E-state index contributed by atoms with van der Waals surface area (Å²) in [6, 6.07) is 17.9. The number of aryl methyl sites for hydroxylation is 1. The molecule has 224 valence electrons. The van der Waals surface area contributed by atoms with E-state index in [0.717, 1.165) is 37.2 Å². The molecule has 4 rings (SSSR count). The molecule has 0 saturated heterocycles. The average molecular weight is 574 g/mol. The molecular formula is C35H44FN3O3. The Morgan fingerprint density at radius 2 is 1.67 bits per heavy atom. The lowest BCUT2D eigenvalue weighted by Gasteiger charge is -2.30. The Morgan fingerprint density at radius 3 is 2.31 bits per heavy atom. The molecule has 0 spiro atoms. The summed E-state index contributed by atoms with van der Waals surface area (Å²) in [5.41, 5.74) is 4.16. The first-order valence-electron chi connectivity index (χ1n) is 14.9. The number of carbonyl (C=O) groups excluding carboxylic acids is 1. The molecule has 2 heterocycles. The van der Waals surface area contributed by atoms with E-state index in [1.165, 1.54) is 27.9 Å². The molecule has 0 aliphatic rings. The lowest BCUT2D eigenvalue weighted by atomic mass is 9.76. The number of ether oxygens (including phenoxy) is 1. The van der Waals surface area contributed by atoms with Crippen molar-refractivity contribution >= 4 is 5.91 Å². The molecular weight excluding hydrogens is 529 g/mol. The minimum absolute atomic E-state index is 0.00378. The minimum atomic E-state index is -0.355. The van der Waals surface area contributed by atoms with Crippen LogP contribution in [-0.4, -0.2) is 28.8 Å². The van der Waals surface area contributed by atoms with Crippen LogP contribution in [0.2, 0.25) is 0 Å². The molecule has 2 aromatic carbocycles. The van der Waals surface area contributed by atoms with Gasteiger partial charge in [-0.25, -0.2) is 9.07 Å². The maximum Gasteiger partial charge on any atom is 0.270 e. The fourth-order valence-electron chi connectivity index (χ4n) is 4.72. The van der Waals surface area contributed by atoms with Gasteiger partial charge in [-0.1, -0.05) is 53.7 Å². The number of benzene rings is 2. The number of furan rings is 1. The standard InChI is InChI=1S/C35H44FN3O3/c1-8-34(4,5)25-13-19-31(28(22-25)35(6,7)9-2)41-21-11-10-20-37-33(40)30-23-29(32-18-12-24(3)42-32)38-39(30)27-16-14-26(36)15-17-27/h12-19,22-23H,8-11,20-21H2,1-7H3,(H,37,40). The Balaban J connectivity index is 1.39. The lowest BCUT2D eigenvalue weighted by molar-refractivity contribution is 0.0944. The van der Waals surface area contributed by atoms with Gasteiger partial charge in [-0.3, -0.25) is 4.79 Å². The highest BCUT2D eigenvalue weighted by atomic mass is 19.1. The Kier molecular flexibility index (Phi) is 9.60. The Hall–Kier alpha value is -3.87. The van der Waals surface area contributed by atoms with Crippen molar-refractivity contribution < 1.29 is 18.3 Å². The number of carbonyl (C=O) groups is 1. The fraction of sp³-hybridized carbons (Fsp3) is 0.429. The van der Waals surface area contributed by atoms with Gasteiger partial charge in [-0.2, -0.15) is 5.10 Å². The van der Waals surface area contributed by atoms with E-state index in [-0.39, 0.29) is 22.6 Å². The fourth-order valence-corrected chi connectivity index (χ4v) is 4.72. The summed E-state index contributed by atoms with van der Waals surface area (Å²) in [6.45, 7) is 16.4. The van der Waals surface area contributed by atoms with Crippen LogP contribution in [0.15, 0.2) is 65.1 Å². The smallest absolute Gasteiger partial charge is 0.270 e. The van der Waals surface area contributed by atoms with Crippen molar-refractivity contribution in [2.45, 2.75) is 85.0 Å². The molecule has 42 heavy (non-hydrogen) atoms. The molecule has 0 unspecified atom stereocenters. The quantitative estimate of drug-likeness (QED) is 0.163. The number of hydrogen-bond acceptors (Lipinski definition) is 4. The summed E-state index contributed by atoms with van der Waals surface area (Å²) >= 11 is 0. The zero-order valence-corrected chi connectivity index (χ0v) is 26.0. The van der Waals surface area contributed by atoms with E-state index in [1.807, 2.05) is 19.1 Å². The van der Waals surface area contributed by atoms with Crippen LogP contribution in [0.3, 0.4) is 0 Å². The first kappa shape index (κ1) is 31.1. The van der Waals surface area contributed by atoms with Crippen LogP contribution in [0, 0.1) is 12.7 Å². The molecule has 0 atom stereocenters. The van der Waals surface area contributed by atoms with Gasteiger partial charge in [0.05, 0.1) is 12.3 Å². The van der Waals surface area contributed by atoms with E-state index in [2.05, 4.69) is 70.2 Å². The van der Waals surface area contributed by atoms with Crippen molar-refractivity contribution in [3.05, 3.63) is 89.1 Å². The summed E-state index contributed by atoms with van der Waals surface area (Å²) in [5, 5.41) is 7.59. The molecule has 0 fully saturated rings. The first-order valence-corrected chi connectivity index (χ1v) is 14.9. The molecule has 0 aliphatic carbocycles. The highest BCUT2D eigenvalue weighted by Gasteiger charge is 2.26. The second kappa shape index (κ2) is 13.0. The van der Waals surface area contributed by atoms with Gasteiger partial charge in [0.2, 0.25) is 0 Å². The molecule has 1 N–H and O–H groups in total. The lowest BCUT2D eigenvalue weighted by Crippen LogP contribution is -2.27. The van der Waals surface area contributed by atoms with E-state index in [1.54, 1.807) is 18.2 Å². The first-order chi connectivity index (χ1) is 19.9. The number of nitrogens with zero attached hydrogens (tertiary/aromatic N) is 2. The molecule has 1 amide bonds. The molecule has 0 radical (unpaired) electrons. The normalized spacial score (nSPS) is 12.0. The second-order valence-corrected chi connectivity index (χ2v) is 12.2. The molecule has 6 nitrogen and oxygen atoms in total. The van der Waals surface area contributed by atoms with Crippen molar-refractivity contribution in [1.29, 1.82) is 0 Å². The van der Waals surface area contributed by atoms with Crippen molar-refractivity contribution in [2.24, 2.45) is 0 Å². The van der Waals surface area contributed by atoms with Crippen molar-refractivity contribution in [3.8, 4) is 22.9 Å². The van der Waals surface area contributed by atoms with Crippen LogP contribution in [0.5, 0.6) is 5.75 Å². The zero-order valence-electron chi connectivity index (χ0n) is 26.0. The van der Waals surface area contributed by atoms with E-state index < -0.39 is 0 Å². The van der Waals surface area contributed by atoms with Crippen LogP contribution >= 0.6 is 0 Å². The average Bonchev–Trinajstić information content (AvgIpc) is 3.62. The second-order valence-electron chi connectivity index (χ2n) is 12.2. The van der Waals surface area contributed by atoms with Gasteiger partial charge in [0.15, 0.2) is 5.76 Å². The topological polar surface area (TPSA) is 69.3 Å². The SMILES string of the molecule is CCC(C)(C)c1ccc(OCCCCNC(=O)c2cc(-c3ccc(C)o3)nn2-c2ccc(F)cc2)c(C(C)(C)CC)c1. The maximum absolute atomic E-state index is 13.6. The molecule has 2 aromatic heterocycles. The van der Waals surface area contributed by atoms with Crippen LogP contribution in [0.4, 0.5) is 4.39 Å². The van der Waals surface area contributed by atoms with Gasteiger partial charge in [0, 0.05) is 18.2 Å². The molecule has 0 aliphatic heterocycles. The monoisotopic (exact) mass is 573 g/mol. The van der Waals surface area contributed by atoms with Crippen molar-refractivity contribution in [1.82, 2.24) is 15.1 Å². The molecule has 0 bridgehead atoms. The van der Waals surface area contributed by atoms with Crippen LogP contribution in [0.1, 0.15) is 94.6 Å². The third-order valence-electron chi connectivity index (χ3n) is 8.38. The summed E-state index contributed by atoms with van der Waals surface area (Å²) < 4.78 is 27.1. The number of nitrogens with one attached hydrogen (secondary N) is 1. The van der Waals surface area contributed by atoms with Crippen LogP contribution in [-0.2, 0) is 10.8 Å². The van der Waals surface area contributed by atoms with Crippen molar-refractivity contribution in [3.63, 3.8) is 0 Å². The molecule has 7 heteroatoms. The van der Waals surface area contributed by atoms with E-state index in [0.29, 0.717) is 36.0 Å². The number of aromatic nitrogens is 2. The Labute approximate surface area is 249 Å². The number of hydrogen-bond donors (Lipinski definition) is 1. The van der Waals surface area contributed by atoms with Gasteiger partial charge in [-0.05, 0) is 91.5 Å². The number of unbranched alkanes of at least 4 members (excludes halogenated alkanes) is 1. The predicted octanol–water partition coefficient (Wildman–Crippen LogP) is 8.54. The number of rotatable bonds is 13. The van der Waals surface area contributed by atoms with Crippen LogP contribution in [0.25, 0.3) is 17.1 Å². The third kappa shape index (κ3) is 7.12. The van der Waals surface area contributed by atoms with Gasteiger partial charge in [0.1, 0.15) is 28.7 Å². The third-order valence-corrected chi connectivity index (χ3v) is 8.38. The van der Waals surface area contributed by atoms with Gasteiger partial charge in [0.25, 0.3) is 5.91 Å². The summed E-state index contributed by atoms with van der Waals surface area (Å²) in [6.07, 6.45) is 3.64.